The van der Waals surface area contributed by atoms with Gasteiger partial charge in [0.1, 0.15) is 5.82 Å². The standard InChI is InChI=1S/C8H13N5/c1(7-9-3-4-10-7)2-11-8-12-5-6-13-8/h3-4H,1-2,5-6H2,(H,9,10)(H2,11,12,13). The van der Waals surface area contributed by atoms with Crippen molar-refractivity contribution in [2.75, 3.05) is 19.6 Å². The number of hydrogen-bond acceptors (Lipinski definition) is 4. The van der Waals surface area contributed by atoms with E-state index in [0.717, 1.165) is 37.8 Å². The topological polar surface area (TPSA) is 65.1 Å². The number of aromatic nitrogens is 2. The molecule has 0 aromatic carbocycles. The molecule has 0 saturated heterocycles. The van der Waals surface area contributed by atoms with Crippen LogP contribution in [0.1, 0.15) is 5.82 Å². The molecule has 0 fully saturated rings. The first-order valence-electron chi connectivity index (χ1n) is 4.45. The third kappa shape index (κ3) is 2.21. The minimum absolute atomic E-state index is 0.860. The Balaban J connectivity index is 1.69. The van der Waals surface area contributed by atoms with Crippen molar-refractivity contribution >= 4 is 5.96 Å². The monoisotopic (exact) mass is 179 g/mol. The quantitative estimate of drug-likeness (QED) is 0.586. The molecule has 0 radical (unpaired) electrons. The third-order valence-corrected chi connectivity index (χ3v) is 1.88. The van der Waals surface area contributed by atoms with Crippen LogP contribution in [0.3, 0.4) is 0 Å². The van der Waals surface area contributed by atoms with Gasteiger partial charge in [-0.15, -0.1) is 0 Å². The highest BCUT2D eigenvalue weighted by atomic mass is 15.2. The molecule has 5 heteroatoms. The van der Waals surface area contributed by atoms with Crippen LogP contribution in [0.2, 0.25) is 0 Å². The zero-order valence-electron chi connectivity index (χ0n) is 7.38. The lowest BCUT2D eigenvalue weighted by Crippen LogP contribution is -2.35. The second kappa shape index (κ2) is 3.93. The second-order valence-electron chi connectivity index (χ2n) is 2.87. The zero-order chi connectivity index (χ0) is 8.93. The first kappa shape index (κ1) is 8.10. The Labute approximate surface area is 76.7 Å². The molecule has 0 bridgehead atoms. The van der Waals surface area contributed by atoms with Crippen LogP contribution in [0.25, 0.3) is 0 Å². The van der Waals surface area contributed by atoms with Crippen molar-refractivity contribution in [3.63, 3.8) is 0 Å². The Morgan fingerprint density at radius 3 is 3.23 bits per heavy atom. The molecule has 70 valence electrons. The number of hydrogen-bond donors (Lipinski definition) is 3. The summed E-state index contributed by atoms with van der Waals surface area (Å²) in [5.74, 6) is 1.91. The molecule has 5 nitrogen and oxygen atoms in total. The van der Waals surface area contributed by atoms with Gasteiger partial charge < -0.3 is 15.6 Å². The van der Waals surface area contributed by atoms with E-state index in [2.05, 4.69) is 25.6 Å². The van der Waals surface area contributed by atoms with Gasteiger partial charge in [-0.25, -0.2) is 4.98 Å². The Bertz CT molecular complexity index is 277. The molecular weight excluding hydrogens is 166 g/mol. The fourth-order valence-corrected chi connectivity index (χ4v) is 1.25. The zero-order valence-corrected chi connectivity index (χ0v) is 7.38. The average molecular weight is 179 g/mol. The first-order chi connectivity index (χ1) is 6.45. The maximum absolute atomic E-state index is 4.22. The van der Waals surface area contributed by atoms with E-state index in [9.17, 15) is 0 Å². The summed E-state index contributed by atoms with van der Waals surface area (Å²) in [6.45, 7) is 2.69. The molecule has 0 atom stereocenters. The maximum atomic E-state index is 4.22. The lowest BCUT2D eigenvalue weighted by molar-refractivity contribution is 0.805. The van der Waals surface area contributed by atoms with E-state index >= 15 is 0 Å². The SMILES string of the molecule is c1c[nH]c(CCNC2=NCCN2)n1. The number of rotatable bonds is 3. The Morgan fingerprint density at radius 1 is 1.54 bits per heavy atom. The van der Waals surface area contributed by atoms with Crippen LogP contribution >= 0.6 is 0 Å². The van der Waals surface area contributed by atoms with Crippen LogP contribution in [-0.2, 0) is 6.42 Å². The molecule has 3 N–H and O–H groups in total. The van der Waals surface area contributed by atoms with E-state index in [1.54, 1.807) is 6.20 Å². The van der Waals surface area contributed by atoms with Gasteiger partial charge in [0.05, 0.1) is 6.54 Å². The lowest BCUT2D eigenvalue weighted by Gasteiger charge is -2.04. The predicted molar refractivity (Wildman–Crippen MR) is 50.6 cm³/mol. The van der Waals surface area contributed by atoms with Crippen molar-refractivity contribution in [3.05, 3.63) is 18.2 Å². The van der Waals surface area contributed by atoms with Crippen molar-refractivity contribution in [2.24, 2.45) is 4.99 Å². The van der Waals surface area contributed by atoms with Crippen LogP contribution in [0.5, 0.6) is 0 Å². The molecule has 0 saturated carbocycles. The van der Waals surface area contributed by atoms with E-state index in [1.807, 2.05) is 6.20 Å². The number of imidazole rings is 1. The normalized spacial score (nSPS) is 15.2. The van der Waals surface area contributed by atoms with E-state index in [-0.39, 0.29) is 0 Å². The van der Waals surface area contributed by atoms with Crippen LogP contribution in [0, 0.1) is 0 Å². The van der Waals surface area contributed by atoms with Gasteiger partial charge in [-0.05, 0) is 0 Å². The summed E-state index contributed by atoms with van der Waals surface area (Å²) in [5.41, 5.74) is 0. The lowest BCUT2D eigenvalue weighted by atomic mass is 10.4. The molecule has 0 amide bonds. The van der Waals surface area contributed by atoms with Gasteiger partial charge in [0.2, 0.25) is 0 Å². The van der Waals surface area contributed by atoms with Crippen molar-refractivity contribution < 1.29 is 0 Å². The van der Waals surface area contributed by atoms with E-state index in [1.165, 1.54) is 0 Å². The van der Waals surface area contributed by atoms with E-state index in [0.29, 0.717) is 0 Å². The minimum atomic E-state index is 0.860. The van der Waals surface area contributed by atoms with Crippen LogP contribution in [0.4, 0.5) is 0 Å². The van der Waals surface area contributed by atoms with Gasteiger partial charge in [0.15, 0.2) is 5.96 Å². The third-order valence-electron chi connectivity index (χ3n) is 1.88. The molecule has 1 aliphatic heterocycles. The molecule has 0 spiro atoms. The average Bonchev–Trinajstić information content (AvgIpc) is 2.75. The number of aromatic amines is 1. The minimum Gasteiger partial charge on any atom is -0.356 e. The molecule has 2 heterocycles. The Morgan fingerprint density at radius 2 is 2.54 bits per heavy atom. The van der Waals surface area contributed by atoms with Crippen LogP contribution in [-0.4, -0.2) is 35.6 Å². The summed E-state index contributed by atoms with van der Waals surface area (Å²) in [5, 5.41) is 6.34. The predicted octanol–water partition coefficient (Wildman–Crippen LogP) is -0.499. The van der Waals surface area contributed by atoms with Gasteiger partial charge in [-0.1, -0.05) is 0 Å². The number of nitrogens with one attached hydrogen (secondary N) is 3. The fourth-order valence-electron chi connectivity index (χ4n) is 1.25. The Kier molecular flexibility index (Phi) is 2.45. The van der Waals surface area contributed by atoms with Gasteiger partial charge in [-0.2, -0.15) is 0 Å². The number of H-pyrrole nitrogens is 1. The van der Waals surface area contributed by atoms with Crippen molar-refractivity contribution in [1.29, 1.82) is 0 Å². The van der Waals surface area contributed by atoms with Crippen LogP contribution < -0.4 is 10.6 Å². The molecule has 1 aliphatic rings. The summed E-state index contributed by atoms with van der Waals surface area (Å²) in [7, 11) is 0. The first-order valence-corrected chi connectivity index (χ1v) is 4.45. The number of guanidine groups is 1. The van der Waals surface area contributed by atoms with Crippen molar-refractivity contribution in [3.8, 4) is 0 Å². The molecule has 13 heavy (non-hydrogen) atoms. The highest BCUT2D eigenvalue weighted by molar-refractivity contribution is 5.81. The van der Waals surface area contributed by atoms with Crippen LogP contribution in [0.15, 0.2) is 17.4 Å². The van der Waals surface area contributed by atoms with Gasteiger partial charge in [-0.3, -0.25) is 4.99 Å². The number of aliphatic imine (C=N–C) groups is 1. The van der Waals surface area contributed by atoms with Crippen molar-refractivity contribution in [2.45, 2.75) is 6.42 Å². The van der Waals surface area contributed by atoms with Gasteiger partial charge >= 0.3 is 0 Å². The molecule has 0 unspecified atom stereocenters. The Hall–Kier alpha value is -1.52. The summed E-state index contributed by atoms with van der Waals surface area (Å²) in [4.78, 5) is 11.4. The molecular formula is C8H13N5. The number of nitrogens with zero attached hydrogens (tertiary/aromatic N) is 2. The second-order valence-corrected chi connectivity index (χ2v) is 2.87. The van der Waals surface area contributed by atoms with E-state index < -0.39 is 0 Å². The summed E-state index contributed by atoms with van der Waals surface area (Å²) in [6, 6.07) is 0. The summed E-state index contributed by atoms with van der Waals surface area (Å²) >= 11 is 0. The van der Waals surface area contributed by atoms with Crippen molar-refractivity contribution in [1.82, 2.24) is 20.6 Å². The molecule has 1 aromatic heterocycles. The maximum Gasteiger partial charge on any atom is 0.191 e. The molecule has 2 rings (SSSR count). The summed E-state index contributed by atoms with van der Waals surface area (Å²) in [6.07, 6.45) is 4.50. The smallest absolute Gasteiger partial charge is 0.191 e. The largest absolute Gasteiger partial charge is 0.356 e. The fraction of sp³-hybridized carbons (Fsp3) is 0.500. The van der Waals surface area contributed by atoms with E-state index in [4.69, 9.17) is 0 Å². The molecule has 0 aliphatic carbocycles. The highest BCUT2D eigenvalue weighted by Gasteiger charge is 2.02. The molecule has 1 aromatic rings. The highest BCUT2D eigenvalue weighted by Crippen LogP contribution is 1.88. The van der Waals surface area contributed by atoms with Gasteiger partial charge in [0.25, 0.3) is 0 Å². The van der Waals surface area contributed by atoms with Gasteiger partial charge in [0, 0.05) is 31.9 Å². The summed E-state index contributed by atoms with van der Waals surface area (Å²) < 4.78 is 0.